The normalized spacial score (nSPS) is 10.4. The van der Waals surface area contributed by atoms with Gasteiger partial charge in [0.05, 0.1) is 13.3 Å². The molecule has 18 heavy (non-hydrogen) atoms. The second kappa shape index (κ2) is 5.55. The van der Waals surface area contributed by atoms with Crippen molar-refractivity contribution in [1.82, 2.24) is 9.78 Å². The van der Waals surface area contributed by atoms with Crippen molar-refractivity contribution >= 4 is 0 Å². The van der Waals surface area contributed by atoms with Gasteiger partial charge >= 0.3 is 0 Å². The number of aromatic nitrogens is 2. The van der Waals surface area contributed by atoms with Crippen LogP contribution >= 0.6 is 0 Å². The second-order valence-electron chi connectivity index (χ2n) is 3.99. The molecule has 0 aliphatic heterocycles. The highest BCUT2D eigenvalue weighted by Crippen LogP contribution is 2.25. The summed E-state index contributed by atoms with van der Waals surface area (Å²) in [4.78, 5) is 0. The Bertz CT molecular complexity index is 523. The van der Waals surface area contributed by atoms with E-state index >= 15 is 0 Å². The molecule has 1 aromatic heterocycles. The van der Waals surface area contributed by atoms with E-state index in [2.05, 4.69) is 5.10 Å². The van der Waals surface area contributed by atoms with Crippen LogP contribution in [0.25, 0.3) is 0 Å². The third-order valence-electron chi connectivity index (χ3n) is 2.65. The molecule has 0 aliphatic carbocycles. The number of rotatable bonds is 5. The summed E-state index contributed by atoms with van der Waals surface area (Å²) < 4.78 is 12.7. The summed E-state index contributed by atoms with van der Waals surface area (Å²) in [6.45, 7) is 0.903. The monoisotopic (exact) mass is 247 g/mol. The lowest BCUT2D eigenvalue weighted by Crippen LogP contribution is -2.02. The van der Waals surface area contributed by atoms with Gasteiger partial charge in [-0.2, -0.15) is 5.10 Å². The summed E-state index contributed by atoms with van der Waals surface area (Å²) in [5.74, 6) is 1.51. The number of hydrogen-bond donors (Lipinski definition) is 1. The van der Waals surface area contributed by atoms with Gasteiger partial charge in [0.15, 0.2) is 0 Å². The van der Waals surface area contributed by atoms with Crippen molar-refractivity contribution in [2.45, 2.75) is 13.2 Å². The van der Waals surface area contributed by atoms with Gasteiger partial charge in [-0.15, -0.1) is 0 Å². The van der Waals surface area contributed by atoms with E-state index < -0.39 is 0 Å². The highest BCUT2D eigenvalue weighted by molar-refractivity contribution is 5.40. The van der Waals surface area contributed by atoms with Gasteiger partial charge in [-0.3, -0.25) is 4.68 Å². The molecule has 2 aromatic rings. The fraction of sp³-hybridized carbons (Fsp3) is 0.308. The predicted octanol–water partition coefficient (Wildman–Crippen LogP) is 1.47. The van der Waals surface area contributed by atoms with Crippen LogP contribution in [0, 0.1) is 0 Å². The molecule has 0 atom stereocenters. The van der Waals surface area contributed by atoms with Crippen molar-refractivity contribution in [3.8, 4) is 11.5 Å². The molecule has 5 nitrogen and oxygen atoms in total. The van der Waals surface area contributed by atoms with Gasteiger partial charge < -0.3 is 15.2 Å². The Morgan fingerprint density at radius 1 is 1.39 bits per heavy atom. The molecule has 0 aliphatic rings. The Balaban J connectivity index is 2.11. The third-order valence-corrected chi connectivity index (χ3v) is 2.65. The van der Waals surface area contributed by atoms with Crippen LogP contribution in [0.4, 0.5) is 0 Å². The average molecular weight is 247 g/mol. The zero-order chi connectivity index (χ0) is 13.0. The van der Waals surface area contributed by atoms with Gasteiger partial charge in [0, 0.05) is 37.0 Å². The van der Waals surface area contributed by atoms with Crippen LogP contribution < -0.4 is 15.2 Å². The molecule has 96 valence electrons. The van der Waals surface area contributed by atoms with Crippen LogP contribution in [-0.4, -0.2) is 16.9 Å². The molecule has 1 aromatic carbocycles. The van der Waals surface area contributed by atoms with Crippen LogP contribution in [0.5, 0.6) is 11.5 Å². The second-order valence-corrected chi connectivity index (χ2v) is 3.99. The quantitative estimate of drug-likeness (QED) is 0.869. The SMILES string of the molecule is COc1ccc(CN)c(OCc2cnn(C)c2)c1. The molecule has 0 saturated carbocycles. The molecule has 0 amide bonds. The third kappa shape index (κ3) is 2.81. The van der Waals surface area contributed by atoms with E-state index in [1.165, 1.54) is 0 Å². The van der Waals surface area contributed by atoms with Crippen molar-refractivity contribution in [3.63, 3.8) is 0 Å². The maximum Gasteiger partial charge on any atom is 0.127 e. The first-order chi connectivity index (χ1) is 8.72. The lowest BCUT2D eigenvalue weighted by Gasteiger charge is -2.11. The Kier molecular flexibility index (Phi) is 3.84. The van der Waals surface area contributed by atoms with Crippen LogP contribution in [0.1, 0.15) is 11.1 Å². The Morgan fingerprint density at radius 3 is 2.83 bits per heavy atom. The summed E-state index contributed by atoms with van der Waals surface area (Å²) in [7, 11) is 3.50. The Labute approximate surface area is 106 Å². The molecular weight excluding hydrogens is 230 g/mol. The topological polar surface area (TPSA) is 62.3 Å². The molecule has 0 bridgehead atoms. The first-order valence-corrected chi connectivity index (χ1v) is 5.70. The molecule has 1 heterocycles. The van der Waals surface area contributed by atoms with Crippen molar-refractivity contribution < 1.29 is 9.47 Å². The van der Waals surface area contributed by atoms with Crippen LogP contribution in [0.3, 0.4) is 0 Å². The fourth-order valence-corrected chi connectivity index (χ4v) is 1.67. The van der Waals surface area contributed by atoms with Gasteiger partial charge in [0.2, 0.25) is 0 Å². The lowest BCUT2D eigenvalue weighted by atomic mass is 10.2. The number of aryl methyl sites for hydroxylation is 1. The predicted molar refractivity (Wildman–Crippen MR) is 68.4 cm³/mol. The number of nitrogens with two attached hydrogens (primary N) is 1. The zero-order valence-corrected chi connectivity index (χ0v) is 10.6. The van der Waals surface area contributed by atoms with E-state index in [9.17, 15) is 0 Å². The van der Waals surface area contributed by atoms with Crippen molar-refractivity contribution in [2.75, 3.05) is 7.11 Å². The minimum absolute atomic E-state index is 0.437. The van der Waals surface area contributed by atoms with Crippen molar-refractivity contribution in [3.05, 3.63) is 41.7 Å². The molecule has 0 spiro atoms. The first kappa shape index (κ1) is 12.4. The van der Waals surface area contributed by atoms with Gasteiger partial charge in [0.25, 0.3) is 0 Å². The Hall–Kier alpha value is -2.01. The molecule has 0 fully saturated rings. The van der Waals surface area contributed by atoms with Crippen molar-refractivity contribution in [1.29, 1.82) is 0 Å². The standard InChI is InChI=1S/C13H17N3O2/c1-16-8-10(7-15-16)9-18-13-5-12(17-2)4-3-11(13)6-14/h3-5,7-8H,6,9,14H2,1-2H3. The number of nitrogens with zero attached hydrogens (tertiary/aromatic N) is 2. The maximum atomic E-state index is 5.76. The van der Waals surface area contributed by atoms with E-state index in [4.69, 9.17) is 15.2 Å². The van der Waals surface area contributed by atoms with Crippen LogP contribution in [0.15, 0.2) is 30.6 Å². The van der Waals surface area contributed by atoms with Gasteiger partial charge in [-0.1, -0.05) is 6.07 Å². The molecule has 0 unspecified atom stereocenters. The summed E-state index contributed by atoms with van der Waals surface area (Å²) in [5, 5.41) is 4.09. The van der Waals surface area contributed by atoms with E-state index in [0.29, 0.717) is 13.2 Å². The average Bonchev–Trinajstić information content (AvgIpc) is 2.81. The molecule has 2 N–H and O–H groups in total. The Morgan fingerprint density at radius 2 is 2.22 bits per heavy atom. The summed E-state index contributed by atoms with van der Waals surface area (Å²) >= 11 is 0. The van der Waals surface area contributed by atoms with Gasteiger partial charge in [0.1, 0.15) is 18.1 Å². The highest BCUT2D eigenvalue weighted by atomic mass is 16.5. The van der Waals surface area contributed by atoms with Crippen molar-refractivity contribution in [2.24, 2.45) is 12.8 Å². The zero-order valence-electron chi connectivity index (χ0n) is 10.6. The highest BCUT2D eigenvalue weighted by Gasteiger charge is 2.05. The smallest absolute Gasteiger partial charge is 0.127 e. The minimum atomic E-state index is 0.437. The maximum absolute atomic E-state index is 5.76. The molecular formula is C13H17N3O2. The molecule has 0 radical (unpaired) electrons. The van der Waals surface area contributed by atoms with Gasteiger partial charge in [-0.25, -0.2) is 0 Å². The largest absolute Gasteiger partial charge is 0.497 e. The van der Waals surface area contributed by atoms with E-state index in [1.807, 2.05) is 31.4 Å². The molecule has 0 saturated heterocycles. The minimum Gasteiger partial charge on any atom is -0.497 e. The van der Waals surface area contributed by atoms with E-state index in [-0.39, 0.29) is 0 Å². The number of methoxy groups -OCH3 is 1. The summed E-state index contributed by atoms with van der Waals surface area (Å²) in [6.07, 6.45) is 3.70. The lowest BCUT2D eigenvalue weighted by molar-refractivity contribution is 0.300. The van der Waals surface area contributed by atoms with E-state index in [1.54, 1.807) is 18.0 Å². The molecule has 5 heteroatoms. The number of benzene rings is 1. The van der Waals surface area contributed by atoms with Gasteiger partial charge in [-0.05, 0) is 6.07 Å². The molecule has 2 rings (SSSR count). The number of hydrogen-bond acceptors (Lipinski definition) is 4. The fourth-order valence-electron chi connectivity index (χ4n) is 1.67. The number of ether oxygens (including phenoxy) is 2. The first-order valence-electron chi connectivity index (χ1n) is 5.70. The van der Waals surface area contributed by atoms with E-state index in [0.717, 1.165) is 22.6 Å². The van der Waals surface area contributed by atoms with Crippen LogP contribution in [0.2, 0.25) is 0 Å². The summed E-state index contributed by atoms with van der Waals surface area (Å²) in [5.41, 5.74) is 7.65. The van der Waals surface area contributed by atoms with Crippen LogP contribution in [-0.2, 0) is 20.2 Å². The summed E-state index contributed by atoms with van der Waals surface area (Å²) in [6, 6.07) is 5.63.